The maximum Gasteiger partial charge on any atom is 0.312 e. The fraction of sp³-hybridized carbons (Fsp3) is 0.917. The lowest BCUT2D eigenvalue weighted by Crippen LogP contribution is -2.71. The minimum Gasteiger partial charge on any atom is -0.481 e. The summed E-state index contributed by atoms with van der Waals surface area (Å²) in [5.74, 6) is -1.65. The Hall–Kier alpha value is -1.19. The largest absolute Gasteiger partial charge is 0.481 e. The molecule has 0 bridgehead atoms. The summed E-state index contributed by atoms with van der Waals surface area (Å²) in [6.07, 6.45) is -4.81. The number of hydrogen-bond acceptors (Lipinski definition) is 11. The molecule has 6 aliphatic rings. The van der Waals surface area contributed by atoms with Gasteiger partial charge in [0.1, 0.15) is 29.8 Å². The van der Waals surface area contributed by atoms with Crippen molar-refractivity contribution in [1.82, 2.24) is 0 Å². The zero-order chi connectivity index (χ0) is 35.4. The van der Waals surface area contributed by atoms with Crippen LogP contribution in [0.1, 0.15) is 86.0 Å². The molecule has 9 N–H and O–H groups in total. The Labute approximate surface area is 282 Å². The van der Waals surface area contributed by atoms with Crippen molar-refractivity contribution in [1.29, 1.82) is 0 Å². The second kappa shape index (κ2) is 11.9. The van der Waals surface area contributed by atoms with Crippen LogP contribution in [-0.4, -0.2) is 121 Å². The van der Waals surface area contributed by atoms with Crippen LogP contribution in [0.2, 0.25) is 0 Å². The number of hydrogen-bond donors (Lipinski definition) is 9. The number of allylic oxidation sites excluding steroid dienone is 2. The van der Waals surface area contributed by atoms with E-state index in [0.29, 0.717) is 38.5 Å². The van der Waals surface area contributed by atoms with Crippen LogP contribution in [-0.2, 0) is 14.3 Å². The lowest BCUT2D eigenvalue weighted by atomic mass is 9.33. The van der Waals surface area contributed by atoms with Gasteiger partial charge in [-0.3, -0.25) is 4.79 Å². The van der Waals surface area contributed by atoms with Gasteiger partial charge < -0.3 is 55.4 Å². The first-order chi connectivity index (χ1) is 22.3. The van der Waals surface area contributed by atoms with Gasteiger partial charge in [0.25, 0.3) is 0 Å². The Bertz CT molecular complexity index is 1280. The van der Waals surface area contributed by atoms with Crippen LogP contribution in [0.15, 0.2) is 11.6 Å². The first-order valence-electron chi connectivity index (χ1n) is 17.8. The summed E-state index contributed by atoms with van der Waals surface area (Å²) in [6.45, 7) is 9.13. The van der Waals surface area contributed by atoms with E-state index in [1.165, 1.54) is 0 Å². The number of ether oxygens (including phenoxy) is 2. The first-order valence-corrected chi connectivity index (χ1v) is 17.8. The molecule has 0 amide bonds. The van der Waals surface area contributed by atoms with Gasteiger partial charge in [-0.05, 0) is 90.8 Å². The van der Waals surface area contributed by atoms with E-state index in [9.17, 15) is 50.8 Å². The number of aliphatic hydroxyl groups excluding tert-OH is 8. The van der Waals surface area contributed by atoms with Crippen molar-refractivity contribution in [2.45, 2.75) is 135 Å². The molecule has 12 nitrogen and oxygen atoms in total. The molecule has 0 radical (unpaired) electrons. The molecule has 0 aromatic heterocycles. The van der Waals surface area contributed by atoms with Crippen LogP contribution in [0.4, 0.5) is 0 Å². The molecule has 12 heteroatoms. The molecule has 1 heterocycles. The fourth-order valence-electron chi connectivity index (χ4n) is 12.5. The monoisotopic (exact) mass is 682 g/mol. The Morgan fingerprint density at radius 1 is 0.875 bits per heavy atom. The van der Waals surface area contributed by atoms with Gasteiger partial charge in [0.05, 0.1) is 38.1 Å². The van der Waals surface area contributed by atoms with Crippen LogP contribution < -0.4 is 0 Å². The summed E-state index contributed by atoms with van der Waals surface area (Å²) in [7, 11) is 0. The third-order valence-corrected chi connectivity index (χ3v) is 15.3. The van der Waals surface area contributed by atoms with Crippen molar-refractivity contribution in [2.75, 3.05) is 19.8 Å². The lowest BCUT2D eigenvalue weighted by molar-refractivity contribution is -0.349. The highest BCUT2D eigenvalue weighted by Crippen LogP contribution is 2.76. The van der Waals surface area contributed by atoms with Crippen LogP contribution in [0.5, 0.6) is 0 Å². The standard InChI is InChI=1S/C36H58O12/c1-31(2)10-11-36(30(45)46)19(12-31)18-6-7-22-32(3)13-20(40)28(48-29-27(44)26(43)25(42)21(15-37)47-29)35(16-38,17-39)23(32)8-9-33(22,4)34(18,5)14-24(36)41/h6,19-29,37-44H,7-17H2,1-5H3,(H,45,46)/t19-,20-,21+,22+,23-,24+,25+,26-,27+,28-,29-,32+,33+,34+,36+/m0/s1. The topological polar surface area (TPSA) is 218 Å². The van der Waals surface area contributed by atoms with E-state index in [-0.39, 0.29) is 29.6 Å². The van der Waals surface area contributed by atoms with Gasteiger partial charge in [-0.1, -0.05) is 46.3 Å². The summed E-state index contributed by atoms with van der Waals surface area (Å²) >= 11 is 0. The average molecular weight is 683 g/mol. The summed E-state index contributed by atoms with van der Waals surface area (Å²) in [5, 5.41) is 97.7. The Kier molecular flexibility index (Phi) is 9.10. The maximum absolute atomic E-state index is 13.0. The first kappa shape index (κ1) is 36.6. The Morgan fingerprint density at radius 3 is 2.15 bits per heavy atom. The van der Waals surface area contributed by atoms with Crippen LogP contribution in [0, 0.1) is 50.2 Å². The maximum atomic E-state index is 13.0. The van der Waals surface area contributed by atoms with E-state index in [1.54, 1.807) is 0 Å². The molecule has 6 rings (SSSR count). The third-order valence-electron chi connectivity index (χ3n) is 15.3. The van der Waals surface area contributed by atoms with E-state index >= 15 is 0 Å². The van der Waals surface area contributed by atoms with Gasteiger partial charge in [-0.25, -0.2) is 0 Å². The summed E-state index contributed by atoms with van der Waals surface area (Å²) in [4.78, 5) is 13.0. The van der Waals surface area contributed by atoms with Gasteiger partial charge in [0.2, 0.25) is 0 Å². The zero-order valence-electron chi connectivity index (χ0n) is 29.0. The predicted octanol–water partition coefficient (Wildman–Crippen LogP) is 0.944. The molecule has 0 aromatic rings. The van der Waals surface area contributed by atoms with Crippen LogP contribution in [0.25, 0.3) is 0 Å². The molecule has 0 aromatic carbocycles. The number of aliphatic carboxylic acids is 1. The number of carboxylic acids is 1. The number of carbonyl (C=O) groups is 1. The summed E-state index contributed by atoms with van der Waals surface area (Å²) < 4.78 is 11.8. The number of rotatable bonds is 6. The Balaban J connectivity index is 1.38. The van der Waals surface area contributed by atoms with Crippen molar-refractivity contribution in [3.05, 3.63) is 11.6 Å². The summed E-state index contributed by atoms with van der Waals surface area (Å²) in [5.41, 5.74) is -3.13. The SMILES string of the molecule is CC1(C)CC[C@]2(C(=O)O)[C@H](O)C[C@]3(C)C(=CC[C@@H]4[C@@]5(C)C[C@H](O)[C@H](O[C@@H]6O[C@H](CO)[C@@H](O)[C@H](O)[C@H]6O)C(CO)(CO)[C@H]5CC[C@]43C)[C@@H]2C1. The summed E-state index contributed by atoms with van der Waals surface area (Å²) in [6, 6.07) is 0. The minimum atomic E-state index is -1.71. The van der Waals surface area contributed by atoms with Gasteiger partial charge in [0.15, 0.2) is 6.29 Å². The molecule has 15 atom stereocenters. The molecule has 274 valence electrons. The molecule has 0 spiro atoms. The van der Waals surface area contributed by atoms with Gasteiger partial charge >= 0.3 is 5.97 Å². The average Bonchev–Trinajstić information content (AvgIpc) is 3.01. The van der Waals surface area contributed by atoms with Crippen molar-refractivity contribution in [3.8, 4) is 0 Å². The number of fused-ring (bicyclic) bond motifs is 7. The van der Waals surface area contributed by atoms with Gasteiger partial charge in [0, 0.05) is 5.41 Å². The molecular formula is C36H58O12. The van der Waals surface area contributed by atoms with Crippen molar-refractivity contribution < 1.29 is 60.2 Å². The normalized spacial score (nSPS) is 52.6. The van der Waals surface area contributed by atoms with E-state index in [4.69, 9.17) is 9.47 Å². The predicted molar refractivity (Wildman–Crippen MR) is 171 cm³/mol. The van der Waals surface area contributed by atoms with Crippen molar-refractivity contribution in [3.63, 3.8) is 0 Å². The van der Waals surface area contributed by atoms with E-state index in [0.717, 1.165) is 12.0 Å². The fourth-order valence-corrected chi connectivity index (χ4v) is 12.5. The molecular weight excluding hydrogens is 624 g/mol. The zero-order valence-corrected chi connectivity index (χ0v) is 29.0. The van der Waals surface area contributed by atoms with Crippen LogP contribution >= 0.6 is 0 Å². The highest BCUT2D eigenvalue weighted by atomic mass is 16.7. The van der Waals surface area contributed by atoms with E-state index in [1.807, 2.05) is 0 Å². The van der Waals surface area contributed by atoms with Gasteiger partial charge in [-0.2, -0.15) is 0 Å². The smallest absolute Gasteiger partial charge is 0.312 e. The molecule has 5 fully saturated rings. The molecule has 0 unspecified atom stereocenters. The van der Waals surface area contributed by atoms with E-state index in [2.05, 4.69) is 40.7 Å². The van der Waals surface area contributed by atoms with Crippen molar-refractivity contribution in [2.24, 2.45) is 50.2 Å². The highest BCUT2D eigenvalue weighted by molar-refractivity contribution is 5.77. The number of carboxylic acid groups (broad SMARTS) is 1. The molecule has 48 heavy (non-hydrogen) atoms. The quantitative estimate of drug-likeness (QED) is 0.141. The molecule has 4 saturated carbocycles. The molecule has 1 aliphatic heterocycles. The van der Waals surface area contributed by atoms with E-state index < -0.39 is 102 Å². The molecule has 1 saturated heterocycles. The third kappa shape index (κ3) is 4.73. The molecule has 5 aliphatic carbocycles. The second-order valence-electron chi connectivity index (χ2n) is 17.9. The minimum absolute atomic E-state index is 0.0565. The van der Waals surface area contributed by atoms with Gasteiger partial charge in [-0.15, -0.1) is 0 Å². The number of aliphatic hydroxyl groups is 8. The van der Waals surface area contributed by atoms with Crippen LogP contribution in [0.3, 0.4) is 0 Å². The lowest BCUT2D eigenvalue weighted by Gasteiger charge is -2.72. The second-order valence-corrected chi connectivity index (χ2v) is 17.9. The Morgan fingerprint density at radius 2 is 1.54 bits per heavy atom. The van der Waals surface area contributed by atoms with Crippen molar-refractivity contribution >= 4 is 5.97 Å². The highest BCUT2D eigenvalue weighted by Gasteiger charge is 2.73.